The number of alkyl halides is 3. The summed E-state index contributed by atoms with van der Waals surface area (Å²) < 4.78 is 38.3. The maximum atomic E-state index is 12.8. The van der Waals surface area contributed by atoms with Gasteiger partial charge in [-0.3, -0.25) is 14.4 Å². The summed E-state index contributed by atoms with van der Waals surface area (Å²) in [4.78, 5) is 39.5. The minimum atomic E-state index is -4.53. The molecule has 0 saturated carbocycles. The quantitative estimate of drug-likeness (QED) is 0.758. The van der Waals surface area contributed by atoms with Gasteiger partial charge in [0.25, 0.3) is 0 Å². The van der Waals surface area contributed by atoms with Crippen LogP contribution in [0.5, 0.6) is 0 Å². The van der Waals surface area contributed by atoms with E-state index in [2.05, 4.69) is 5.32 Å². The number of hydrogen-bond donors (Lipinski definition) is 1. The Balaban J connectivity index is 1.58. The number of nitrogens with one attached hydrogen (secondary N) is 1. The summed E-state index contributed by atoms with van der Waals surface area (Å²) in [5, 5.41) is 2.34. The Morgan fingerprint density at radius 1 is 1.00 bits per heavy atom. The SMILES string of the molecule is Cc1cccc(CN2CCN(CC(=O)Nc3cccc(C(F)(F)F)c3)C(=O)C2=O)c1. The summed E-state index contributed by atoms with van der Waals surface area (Å²) >= 11 is 0. The monoisotopic (exact) mass is 419 g/mol. The number of benzene rings is 2. The first kappa shape index (κ1) is 21.4. The zero-order chi connectivity index (χ0) is 21.9. The number of amides is 3. The van der Waals surface area contributed by atoms with Crippen LogP contribution in [0.25, 0.3) is 0 Å². The van der Waals surface area contributed by atoms with E-state index in [0.717, 1.165) is 28.2 Å². The normalized spacial score (nSPS) is 14.8. The predicted octanol–water partition coefficient (Wildman–Crippen LogP) is 2.82. The lowest BCUT2D eigenvalue weighted by molar-refractivity contribution is -0.157. The van der Waals surface area contributed by atoms with Crippen molar-refractivity contribution in [1.29, 1.82) is 0 Å². The molecule has 0 aliphatic carbocycles. The number of piperazine rings is 1. The molecule has 3 amide bonds. The summed E-state index contributed by atoms with van der Waals surface area (Å²) in [5.41, 5.74) is 1.01. The largest absolute Gasteiger partial charge is 0.416 e. The molecule has 30 heavy (non-hydrogen) atoms. The molecule has 0 unspecified atom stereocenters. The minimum absolute atomic E-state index is 0.0355. The summed E-state index contributed by atoms with van der Waals surface area (Å²) in [7, 11) is 0. The van der Waals surface area contributed by atoms with Crippen molar-refractivity contribution < 1.29 is 27.6 Å². The highest BCUT2D eigenvalue weighted by Gasteiger charge is 2.34. The molecule has 2 aromatic rings. The molecule has 1 fully saturated rings. The smallest absolute Gasteiger partial charge is 0.328 e. The maximum Gasteiger partial charge on any atom is 0.416 e. The van der Waals surface area contributed by atoms with Gasteiger partial charge in [0.1, 0.15) is 6.54 Å². The van der Waals surface area contributed by atoms with E-state index in [0.29, 0.717) is 0 Å². The maximum absolute atomic E-state index is 12.8. The molecular weight excluding hydrogens is 399 g/mol. The van der Waals surface area contributed by atoms with Crippen LogP contribution in [0.15, 0.2) is 48.5 Å². The number of aryl methyl sites for hydroxylation is 1. The summed E-state index contributed by atoms with van der Waals surface area (Å²) in [5.74, 6) is -2.20. The van der Waals surface area contributed by atoms with Crippen LogP contribution in [0.3, 0.4) is 0 Å². The average molecular weight is 419 g/mol. The van der Waals surface area contributed by atoms with Crippen molar-refractivity contribution in [3.8, 4) is 0 Å². The molecule has 1 heterocycles. The third-order valence-corrected chi connectivity index (χ3v) is 4.66. The zero-order valence-electron chi connectivity index (χ0n) is 16.2. The lowest BCUT2D eigenvalue weighted by Gasteiger charge is -2.33. The molecule has 158 valence electrons. The Hall–Kier alpha value is -3.36. The number of hydrogen-bond acceptors (Lipinski definition) is 3. The predicted molar refractivity (Wildman–Crippen MR) is 103 cm³/mol. The molecule has 0 radical (unpaired) electrons. The Labute approximate surface area is 171 Å². The van der Waals surface area contributed by atoms with E-state index < -0.39 is 36.0 Å². The van der Waals surface area contributed by atoms with Gasteiger partial charge in [0, 0.05) is 25.3 Å². The van der Waals surface area contributed by atoms with Gasteiger partial charge >= 0.3 is 18.0 Å². The van der Waals surface area contributed by atoms with Crippen molar-refractivity contribution in [3.05, 3.63) is 65.2 Å². The van der Waals surface area contributed by atoms with Gasteiger partial charge in [0.05, 0.1) is 5.56 Å². The van der Waals surface area contributed by atoms with Gasteiger partial charge < -0.3 is 15.1 Å². The van der Waals surface area contributed by atoms with Crippen molar-refractivity contribution in [2.45, 2.75) is 19.6 Å². The van der Waals surface area contributed by atoms with Crippen molar-refractivity contribution in [3.63, 3.8) is 0 Å². The van der Waals surface area contributed by atoms with E-state index in [-0.39, 0.29) is 25.3 Å². The van der Waals surface area contributed by atoms with Gasteiger partial charge in [-0.2, -0.15) is 13.2 Å². The van der Waals surface area contributed by atoms with Gasteiger partial charge in [-0.15, -0.1) is 0 Å². The summed E-state index contributed by atoms with van der Waals surface area (Å²) in [6.07, 6.45) is -4.53. The highest BCUT2D eigenvalue weighted by molar-refractivity contribution is 6.35. The fraction of sp³-hybridized carbons (Fsp3) is 0.286. The molecule has 0 spiro atoms. The molecule has 1 aliphatic rings. The number of halogens is 3. The van der Waals surface area contributed by atoms with Crippen molar-refractivity contribution in [2.24, 2.45) is 0 Å². The van der Waals surface area contributed by atoms with Crippen molar-refractivity contribution in [1.82, 2.24) is 9.80 Å². The molecule has 0 aromatic heterocycles. The van der Waals surface area contributed by atoms with Gasteiger partial charge in [-0.25, -0.2) is 0 Å². The Morgan fingerprint density at radius 3 is 2.37 bits per heavy atom. The first-order chi connectivity index (χ1) is 14.1. The van der Waals surface area contributed by atoms with E-state index in [4.69, 9.17) is 0 Å². The summed E-state index contributed by atoms with van der Waals surface area (Å²) in [6.45, 7) is 2.22. The first-order valence-electron chi connectivity index (χ1n) is 9.24. The van der Waals surface area contributed by atoms with Crippen LogP contribution >= 0.6 is 0 Å². The van der Waals surface area contributed by atoms with E-state index in [1.807, 2.05) is 31.2 Å². The molecule has 3 rings (SSSR count). The molecular formula is C21H20F3N3O3. The molecule has 0 atom stereocenters. The molecule has 9 heteroatoms. The third-order valence-electron chi connectivity index (χ3n) is 4.66. The molecule has 2 aromatic carbocycles. The highest BCUT2D eigenvalue weighted by atomic mass is 19.4. The Kier molecular flexibility index (Phi) is 6.09. The minimum Gasteiger partial charge on any atom is -0.328 e. The van der Waals surface area contributed by atoms with Crippen LogP contribution in [0.4, 0.5) is 18.9 Å². The van der Waals surface area contributed by atoms with E-state index >= 15 is 0 Å². The fourth-order valence-electron chi connectivity index (χ4n) is 3.19. The third kappa shape index (κ3) is 5.16. The number of carbonyl (C=O) groups excluding carboxylic acids is 3. The number of carbonyl (C=O) groups is 3. The van der Waals surface area contributed by atoms with Crippen LogP contribution in [-0.2, 0) is 27.1 Å². The van der Waals surface area contributed by atoms with Crippen LogP contribution in [0.1, 0.15) is 16.7 Å². The fourth-order valence-corrected chi connectivity index (χ4v) is 3.19. The van der Waals surface area contributed by atoms with Crippen LogP contribution in [0, 0.1) is 6.92 Å². The second-order valence-corrected chi connectivity index (χ2v) is 7.07. The van der Waals surface area contributed by atoms with Crippen LogP contribution in [-0.4, -0.2) is 47.2 Å². The number of nitrogens with zero attached hydrogens (tertiary/aromatic N) is 2. The van der Waals surface area contributed by atoms with Gasteiger partial charge in [0.2, 0.25) is 5.91 Å². The second-order valence-electron chi connectivity index (χ2n) is 7.07. The number of anilines is 1. The second kappa shape index (κ2) is 8.56. The van der Waals surface area contributed by atoms with Crippen LogP contribution < -0.4 is 5.32 Å². The average Bonchev–Trinajstić information content (AvgIpc) is 2.67. The molecule has 0 bridgehead atoms. The topological polar surface area (TPSA) is 69.7 Å². The van der Waals surface area contributed by atoms with Crippen molar-refractivity contribution in [2.75, 3.05) is 25.0 Å². The molecule has 6 nitrogen and oxygen atoms in total. The van der Waals surface area contributed by atoms with Gasteiger partial charge in [-0.1, -0.05) is 35.9 Å². The van der Waals surface area contributed by atoms with Crippen LogP contribution in [0.2, 0.25) is 0 Å². The Bertz CT molecular complexity index is 975. The standard InChI is InChI=1S/C21H20F3N3O3/c1-14-4-2-5-15(10-14)12-26-8-9-27(20(30)19(26)29)13-18(28)25-17-7-3-6-16(11-17)21(22,23)24/h2-7,10-11H,8-9,12-13H2,1H3,(H,25,28). The molecule has 1 aliphatic heterocycles. The first-order valence-corrected chi connectivity index (χ1v) is 9.24. The Morgan fingerprint density at radius 2 is 1.67 bits per heavy atom. The lowest BCUT2D eigenvalue weighted by atomic mass is 10.1. The van der Waals surface area contributed by atoms with Gasteiger partial charge in [0.15, 0.2) is 0 Å². The highest BCUT2D eigenvalue weighted by Crippen LogP contribution is 2.30. The number of rotatable bonds is 5. The van der Waals surface area contributed by atoms with Gasteiger partial charge in [-0.05, 0) is 30.7 Å². The molecule has 1 N–H and O–H groups in total. The molecule has 1 saturated heterocycles. The van der Waals surface area contributed by atoms with Crippen molar-refractivity contribution >= 4 is 23.4 Å². The zero-order valence-corrected chi connectivity index (χ0v) is 16.2. The van der Waals surface area contributed by atoms with E-state index in [1.165, 1.54) is 17.0 Å². The lowest BCUT2D eigenvalue weighted by Crippen LogP contribution is -2.55. The summed E-state index contributed by atoms with van der Waals surface area (Å²) in [6, 6.07) is 11.8. The van der Waals surface area contributed by atoms with E-state index in [9.17, 15) is 27.6 Å². The van der Waals surface area contributed by atoms with E-state index in [1.54, 1.807) is 0 Å².